The van der Waals surface area contributed by atoms with E-state index in [0.29, 0.717) is 5.56 Å². The Bertz CT molecular complexity index is 915. The molecule has 4 rings (SSSR count). The number of likely N-dealkylation sites (N-methyl/N-ethyl adjacent to an activating group) is 1. The zero-order valence-corrected chi connectivity index (χ0v) is 23.4. The van der Waals surface area contributed by atoms with Crippen LogP contribution in [0.25, 0.3) is 0 Å². The van der Waals surface area contributed by atoms with Crippen LogP contribution in [0.4, 0.5) is 0 Å². The Balaban J connectivity index is 0.000000235. The van der Waals surface area contributed by atoms with Gasteiger partial charge in [0.2, 0.25) is 5.91 Å². The van der Waals surface area contributed by atoms with Crippen molar-refractivity contribution in [2.45, 2.75) is 45.4 Å². The van der Waals surface area contributed by atoms with Crippen molar-refractivity contribution >= 4 is 11.8 Å². The molecular formula is C30H46N4O3. The van der Waals surface area contributed by atoms with Gasteiger partial charge < -0.3 is 25.2 Å². The molecule has 7 heteroatoms. The minimum Gasteiger partial charge on any atom is -0.497 e. The fourth-order valence-corrected chi connectivity index (χ4v) is 3.78. The molecule has 0 radical (unpaired) electrons. The summed E-state index contributed by atoms with van der Waals surface area (Å²) in [6, 6.07) is 15.7. The molecule has 1 aliphatic carbocycles. The highest BCUT2D eigenvalue weighted by atomic mass is 16.5. The number of ether oxygens (including phenoxy) is 1. The van der Waals surface area contributed by atoms with E-state index >= 15 is 0 Å². The summed E-state index contributed by atoms with van der Waals surface area (Å²) < 4.78 is 5.07. The molecule has 1 aliphatic heterocycles. The number of amides is 2. The third kappa shape index (κ3) is 11.8. The summed E-state index contributed by atoms with van der Waals surface area (Å²) in [6.45, 7) is 8.63. The van der Waals surface area contributed by atoms with Gasteiger partial charge in [-0.2, -0.15) is 0 Å². The molecule has 0 atom stereocenters. The lowest BCUT2D eigenvalue weighted by Gasteiger charge is -2.32. The van der Waals surface area contributed by atoms with Crippen molar-refractivity contribution in [3.63, 3.8) is 0 Å². The molecule has 0 bridgehead atoms. The number of aryl methyl sites for hydroxylation is 1. The van der Waals surface area contributed by atoms with Gasteiger partial charge in [-0.3, -0.25) is 9.59 Å². The lowest BCUT2D eigenvalue weighted by molar-refractivity contribution is -0.131. The van der Waals surface area contributed by atoms with E-state index in [4.69, 9.17) is 4.74 Å². The van der Waals surface area contributed by atoms with Gasteiger partial charge in [0.1, 0.15) is 5.75 Å². The van der Waals surface area contributed by atoms with Gasteiger partial charge in [-0.15, -0.1) is 0 Å². The van der Waals surface area contributed by atoms with Gasteiger partial charge in [0.15, 0.2) is 0 Å². The summed E-state index contributed by atoms with van der Waals surface area (Å²) in [5.41, 5.74) is 3.16. The average Bonchev–Trinajstić information content (AvgIpc) is 3.78. The fraction of sp³-hybridized carbons (Fsp3) is 0.533. The number of piperazine rings is 1. The highest BCUT2D eigenvalue weighted by molar-refractivity contribution is 5.96. The SMILES string of the molecule is CCCCNC.COc1ccc(C2CC2)cc1.Cc1ccc(C(=O)NCC(=O)N2CCN(C)CC2)cc1. The summed E-state index contributed by atoms with van der Waals surface area (Å²) in [6.07, 6.45) is 5.33. The molecule has 2 aromatic carbocycles. The Hall–Kier alpha value is -2.90. The van der Waals surface area contributed by atoms with Crippen LogP contribution in [-0.2, 0) is 4.79 Å². The minimum atomic E-state index is -0.201. The highest BCUT2D eigenvalue weighted by Gasteiger charge is 2.23. The molecule has 1 heterocycles. The smallest absolute Gasteiger partial charge is 0.251 e. The van der Waals surface area contributed by atoms with Crippen molar-refractivity contribution in [1.82, 2.24) is 20.4 Å². The van der Waals surface area contributed by atoms with Crippen molar-refractivity contribution in [3.8, 4) is 5.75 Å². The number of carbonyl (C=O) groups excluding carboxylic acids is 2. The Labute approximate surface area is 223 Å². The highest BCUT2D eigenvalue weighted by Crippen LogP contribution is 2.40. The average molecular weight is 511 g/mol. The number of methoxy groups -OCH3 is 1. The molecule has 2 aromatic rings. The summed E-state index contributed by atoms with van der Waals surface area (Å²) in [7, 11) is 5.72. The van der Waals surface area contributed by atoms with Crippen LogP contribution in [0.2, 0.25) is 0 Å². The molecule has 2 fully saturated rings. The second kappa shape index (κ2) is 16.8. The van der Waals surface area contributed by atoms with Crippen molar-refractivity contribution in [2.75, 3.05) is 60.5 Å². The van der Waals surface area contributed by atoms with Crippen molar-refractivity contribution in [3.05, 3.63) is 65.2 Å². The number of hydrogen-bond acceptors (Lipinski definition) is 5. The predicted molar refractivity (Wildman–Crippen MR) is 151 cm³/mol. The van der Waals surface area contributed by atoms with E-state index in [9.17, 15) is 9.59 Å². The van der Waals surface area contributed by atoms with Crippen LogP contribution in [0.1, 0.15) is 60.0 Å². The van der Waals surface area contributed by atoms with Gasteiger partial charge in [-0.25, -0.2) is 0 Å². The Morgan fingerprint density at radius 1 is 0.973 bits per heavy atom. The second-order valence-electron chi connectivity index (χ2n) is 9.74. The molecule has 2 aliphatic rings. The minimum absolute atomic E-state index is 0.0152. The van der Waals surface area contributed by atoms with Crippen molar-refractivity contribution < 1.29 is 14.3 Å². The van der Waals surface area contributed by atoms with Crippen LogP contribution < -0.4 is 15.4 Å². The number of hydrogen-bond donors (Lipinski definition) is 2. The first kappa shape index (κ1) is 30.3. The van der Waals surface area contributed by atoms with Gasteiger partial charge >= 0.3 is 0 Å². The number of nitrogens with zero attached hydrogens (tertiary/aromatic N) is 2. The first-order valence-electron chi connectivity index (χ1n) is 13.5. The van der Waals surface area contributed by atoms with E-state index in [0.717, 1.165) is 50.0 Å². The molecule has 0 unspecified atom stereocenters. The number of carbonyl (C=O) groups is 2. The van der Waals surface area contributed by atoms with Gasteiger partial charge in [0.25, 0.3) is 5.91 Å². The molecule has 2 amide bonds. The molecule has 37 heavy (non-hydrogen) atoms. The van der Waals surface area contributed by atoms with E-state index in [2.05, 4.69) is 34.6 Å². The van der Waals surface area contributed by atoms with Gasteiger partial charge in [-0.1, -0.05) is 43.2 Å². The molecule has 204 valence electrons. The fourth-order valence-electron chi connectivity index (χ4n) is 3.78. The first-order chi connectivity index (χ1) is 17.9. The van der Waals surface area contributed by atoms with Crippen LogP contribution in [0, 0.1) is 6.92 Å². The van der Waals surface area contributed by atoms with Crippen LogP contribution in [-0.4, -0.2) is 82.1 Å². The van der Waals surface area contributed by atoms with E-state index in [1.807, 2.05) is 45.3 Å². The largest absolute Gasteiger partial charge is 0.497 e. The Morgan fingerprint density at radius 2 is 1.59 bits per heavy atom. The summed E-state index contributed by atoms with van der Waals surface area (Å²) in [5.74, 6) is 1.58. The van der Waals surface area contributed by atoms with E-state index in [1.54, 1.807) is 24.1 Å². The molecular weight excluding hydrogens is 464 g/mol. The predicted octanol–water partition coefficient (Wildman–Crippen LogP) is 4.08. The zero-order valence-electron chi connectivity index (χ0n) is 23.4. The van der Waals surface area contributed by atoms with Gasteiger partial charge in [-0.05, 0) is 82.6 Å². The number of unbranched alkanes of at least 4 members (excludes halogenated alkanes) is 1. The van der Waals surface area contributed by atoms with Crippen LogP contribution >= 0.6 is 0 Å². The maximum Gasteiger partial charge on any atom is 0.251 e. The van der Waals surface area contributed by atoms with Crippen LogP contribution in [0.5, 0.6) is 5.75 Å². The standard InChI is InChI=1S/C15H21N3O2.C10H12O.C5H13N/c1-12-3-5-13(6-4-12)15(20)16-11-14(19)18-9-7-17(2)8-10-18;1-11-10-6-4-9(5-7-10)8-2-3-8;1-3-4-5-6-2/h3-6H,7-11H2,1-2H3,(H,16,20);4-8H,2-3H2,1H3;6H,3-5H2,1-2H3. The maximum atomic E-state index is 12.0. The summed E-state index contributed by atoms with van der Waals surface area (Å²) in [4.78, 5) is 27.9. The second-order valence-corrected chi connectivity index (χ2v) is 9.74. The van der Waals surface area contributed by atoms with Crippen molar-refractivity contribution in [1.29, 1.82) is 0 Å². The third-order valence-corrected chi connectivity index (χ3v) is 6.51. The van der Waals surface area contributed by atoms with E-state index in [1.165, 1.54) is 31.2 Å². The normalized spacial score (nSPS) is 15.0. The molecule has 0 aromatic heterocycles. The third-order valence-electron chi connectivity index (χ3n) is 6.51. The van der Waals surface area contributed by atoms with E-state index in [-0.39, 0.29) is 18.4 Å². The molecule has 1 saturated heterocycles. The number of rotatable bonds is 8. The Morgan fingerprint density at radius 3 is 2.08 bits per heavy atom. The lowest BCUT2D eigenvalue weighted by atomic mass is 10.1. The first-order valence-corrected chi connectivity index (χ1v) is 13.5. The van der Waals surface area contributed by atoms with Crippen molar-refractivity contribution in [2.24, 2.45) is 0 Å². The summed E-state index contributed by atoms with van der Waals surface area (Å²) in [5, 5.41) is 5.75. The molecule has 2 N–H and O–H groups in total. The molecule has 7 nitrogen and oxygen atoms in total. The van der Waals surface area contributed by atoms with Crippen LogP contribution in [0.15, 0.2) is 48.5 Å². The number of nitrogens with one attached hydrogen (secondary N) is 2. The zero-order chi connectivity index (χ0) is 27.0. The summed E-state index contributed by atoms with van der Waals surface area (Å²) >= 11 is 0. The van der Waals surface area contributed by atoms with Gasteiger partial charge in [0, 0.05) is 31.7 Å². The monoisotopic (exact) mass is 510 g/mol. The lowest BCUT2D eigenvalue weighted by Crippen LogP contribution is -2.50. The van der Waals surface area contributed by atoms with E-state index < -0.39 is 0 Å². The Kier molecular flexibility index (Phi) is 13.7. The number of benzene rings is 2. The maximum absolute atomic E-state index is 12.0. The molecule has 1 saturated carbocycles. The van der Waals surface area contributed by atoms with Gasteiger partial charge in [0.05, 0.1) is 13.7 Å². The quantitative estimate of drug-likeness (QED) is 0.524. The van der Waals surface area contributed by atoms with Crippen LogP contribution in [0.3, 0.4) is 0 Å². The molecule has 0 spiro atoms. The topological polar surface area (TPSA) is 73.9 Å².